The van der Waals surface area contributed by atoms with Crippen LogP contribution < -0.4 is 5.32 Å². The molecule has 0 atom stereocenters. The van der Waals surface area contributed by atoms with Crippen molar-refractivity contribution in [2.45, 2.75) is 20.4 Å². The van der Waals surface area contributed by atoms with E-state index in [-0.39, 0.29) is 0 Å². The van der Waals surface area contributed by atoms with Gasteiger partial charge in [-0.3, -0.25) is 0 Å². The Morgan fingerprint density at radius 1 is 1.33 bits per heavy atom. The first-order chi connectivity index (χ1) is 7.24. The molecule has 0 aromatic carbocycles. The summed E-state index contributed by atoms with van der Waals surface area (Å²) in [5, 5.41) is 3.18. The molecule has 0 amide bonds. The predicted octanol–water partition coefficient (Wildman–Crippen LogP) is 1.43. The van der Waals surface area contributed by atoms with Gasteiger partial charge in [-0.2, -0.15) is 0 Å². The van der Waals surface area contributed by atoms with Crippen LogP contribution in [-0.2, 0) is 6.54 Å². The standard InChI is InChI=1S/C10H13N5/c1-7-5-9(15-8(2)14-7)13-6-10-11-3-4-12-10/h3-5H,6H2,1-2H3,(H,11,12)(H,13,14,15). The number of rotatable bonds is 3. The van der Waals surface area contributed by atoms with Crippen molar-refractivity contribution < 1.29 is 0 Å². The molecule has 2 heterocycles. The van der Waals surface area contributed by atoms with E-state index in [0.29, 0.717) is 6.54 Å². The zero-order chi connectivity index (χ0) is 10.7. The van der Waals surface area contributed by atoms with Crippen molar-refractivity contribution in [2.24, 2.45) is 0 Å². The Morgan fingerprint density at radius 2 is 2.20 bits per heavy atom. The number of anilines is 1. The van der Waals surface area contributed by atoms with Crippen molar-refractivity contribution in [3.63, 3.8) is 0 Å². The second kappa shape index (κ2) is 4.08. The van der Waals surface area contributed by atoms with E-state index in [2.05, 4.69) is 25.3 Å². The van der Waals surface area contributed by atoms with Crippen molar-refractivity contribution in [2.75, 3.05) is 5.32 Å². The fourth-order valence-electron chi connectivity index (χ4n) is 1.38. The maximum atomic E-state index is 4.27. The molecule has 0 saturated heterocycles. The lowest BCUT2D eigenvalue weighted by Gasteiger charge is -2.05. The highest BCUT2D eigenvalue weighted by Crippen LogP contribution is 2.06. The summed E-state index contributed by atoms with van der Waals surface area (Å²) in [6, 6.07) is 1.91. The van der Waals surface area contributed by atoms with Crippen LogP contribution in [-0.4, -0.2) is 19.9 Å². The zero-order valence-electron chi connectivity index (χ0n) is 8.78. The van der Waals surface area contributed by atoms with E-state index in [9.17, 15) is 0 Å². The highest BCUT2D eigenvalue weighted by molar-refractivity contribution is 5.35. The molecule has 2 rings (SSSR count). The number of hydrogen-bond acceptors (Lipinski definition) is 4. The molecular weight excluding hydrogens is 190 g/mol. The molecule has 2 N–H and O–H groups in total. The number of hydrogen-bond donors (Lipinski definition) is 2. The Labute approximate surface area is 88.0 Å². The second-order valence-electron chi connectivity index (χ2n) is 3.33. The average Bonchev–Trinajstić information content (AvgIpc) is 2.65. The van der Waals surface area contributed by atoms with Crippen LogP contribution in [0.15, 0.2) is 18.5 Å². The van der Waals surface area contributed by atoms with Gasteiger partial charge in [-0.05, 0) is 13.8 Å². The van der Waals surface area contributed by atoms with E-state index in [4.69, 9.17) is 0 Å². The Morgan fingerprint density at radius 3 is 2.87 bits per heavy atom. The first-order valence-corrected chi connectivity index (χ1v) is 4.78. The van der Waals surface area contributed by atoms with Gasteiger partial charge >= 0.3 is 0 Å². The SMILES string of the molecule is Cc1cc(NCc2ncc[nH]2)nc(C)n1. The maximum absolute atomic E-state index is 4.27. The van der Waals surface area contributed by atoms with Gasteiger partial charge in [-0.15, -0.1) is 0 Å². The van der Waals surface area contributed by atoms with Crippen LogP contribution in [0.1, 0.15) is 17.3 Å². The van der Waals surface area contributed by atoms with Gasteiger partial charge in [0.25, 0.3) is 0 Å². The highest BCUT2D eigenvalue weighted by atomic mass is 15.1. The molecule has 0 spiro atoms. The first-order valence-electron chi connectivity index (χ1n) is 4.78. The van der Waals surface area contributed by atoms with Gasteiger partial charge in [-0.25, -0.2) is 15.0 Å². The summed E-state index contributed by atoms with van der Waals surface area (Å²) in [6.07, 6.45) is 3.53. The monoisotopic (exact) mass is 203 g/mol. The molecule has 2 aromatic heterocycles. The van der Waals surface area contributed by atoms with Crippen LogP contribution in [0.25, 0.3) is 0 Å². The molecule has 0 fully saturated rings. The minimum Gasteiger partial charge on any atom is -0.363 e. The minimum absolute atomic E-state index is 0.642. The lowest BCUT2D eigenvalue weighted by Crippen LogP contribution is -2.04. The Balaban J connectivity index is 2.05. The van der Waals surface area contributed by atoms with Crippen LogP contribution in [0.5, 0.6) is 0 Å². The quantitative estimate of drug-likeness (QED) is 0.791. The number of H-pyrrole nitrogens is 1. The third kappa shape index (κ3) is 2.52. The Bertz CT molecular complexity index is 415. The molecule has 0 aliphatic heterocycles. The largest absolute Gasteiger partial charge is 0.363 e. The molecule has 78 valence electrons. The molecular formula is C10H13N5. The van der Waals surface area contributed by atoms with Crippen molar-refractivity contribution in [1.29, 1.82) is 0 Å². The molecule has 0 bridgehead atoms. The van der Waals surface area contributed by atoms with Gasteiger partial charge < -0.3 is 10.3 Å². The summed E-state index contributed by atoms with van der Waals surface area (Å²) in [5.41, 5.74) is 0.962. The van der Waals surface area contributed by atoms with E-state index in [1.54, 1.807) is 12.4 Å². The molecule has 0 unspecified atom stereocenters. The van der Waals surface area contributed by atoms with Crippen LogP contribution in [0, 0.1) is 13.8 Å². The van der Waals surface area contributed by atoms with Crippen LogP contribution in [0.3, 0.4) is 0 Å². The third-order valence-electron chi connectivity index (χ3n) is 1.96. The van der Waals surface area contributed by atoms with Gasteiger partial charge in [0.15, 0.2) is 0 Å². The molecule has 0 aliphatic carbocycles. The van der Waals surface area contributed by atoms with E-state index in [1.165, 1.54) is 0 Å². The number of aromatic nitrogens is 4. The number of imidazole rings is 1. The first kappa shape index (κ1) is 9.64. The van der Waals surface area contributed by atoms with Gasteiger partial charge in [-0.1, -0.05) is 0 Å². The maximum Gasteiger partial charge on any atom is 0.130 e. The predicted molar refractivity (Wildman–Crippen MR) is 57.4 cm³/mol. The third-order valence-corrected chi connectivity index (χ3v) is 1.96. The normalized spacial score (nSPS) is 10.3. The van der Waals surface area contributed by atoms with Gasteiger partial charge in [0.05, 0.1) is 6.54 Å². The summed E-state index contributed by atoms with van der Waals surface area (Å²) >= 11 is 0. The number of aromatic amines is 1. The fraction of sp³-hybridized carbons (Fsp3) is 0.300. The van der Waals surface area contributed by atoms with E-state index < -0.39 is 0 Å². The van der Waals surface area contributed by atoms with Crippen molar-refractivity contribution in [3.05, 3.63) is 35.8 Å². The highest BCUT2D eigenvalue weighted by Gasteiger charge is 1.99. The number of nitrogens with one attached hydrogen (secondary N) is 2. The van der Waals surface area contributed by atoms with Crippen molar-refractivity contribution >= 4 is 5.82 Å². The minimum atomic E-state index is 0.642. The number of nitrogens with zero attached hydrogens (tertiary/aromatic N) is 3. The van der Waals surface area contributed by atoms with Crippen LogP contribution in [0.2, 0.25) is 0 Å². The van der Waals surface area contributed by atoms with Crippen LogP contribution >= 0.6 is 0 Å². The van der Waals surface area contributed by atoms with E-state index >= 15 is 0 Å². The molecule has 5 nitrogen and oxygen atoms in total. The summed E-state index contributed by atoms with van der Waals surface area (Å²) in [7, 11) is 0. The Kier molecular flexibility index (Phi) is 2.62. The average molecular weight is 203 g/mol. The molecule has 0 aliphatic rings. The van der Waals surface area contributed by atoms with E-state index in [0.717, 1.165) is 23.2 Å². The second-order valence-corrected chi connectivity index (χ2v) is 3.33. The summed E-state index contributed by atoms with van der Waals surface area (Å²) in [5.74, 6) is 2.50. The summed E-state index contributed by atoms with van der Waals surface area (Å²) < 4.78 is 0. The molecule has 0 radical (unpaired) electrons. The smallest absolute Gasteiger partial charge is 0.130 e. The fourth-order valence-corrected chi connectivity index (χ4v) is 1.38. The van der Waals surface area contributed by atoms with Crippen molar-refractivity contribution in [1.82, 2.24) is 19.9 Å². The Hall–Kier alpha value is -1.91. The molecule has 5 heteroatoms. The van der Waals surface area contributed by atoms with Gasteiger partial charge in [0.2, 0.25) is 0 Å². The van der Waals surface area contributed by atoms with Crippen molar-refractivity contribution in [3.8, 4) is 0 Å². The molecule has 2 aromatic rings. The zero-order valence-corrected chi connectivity index (χ0v) is 8.78. The number of aryl methyl sites for hydroxylation is 2. The molecule has 15 heavy (non-hydrogen) atoms. The summed E-state index contributed by atoms with van der Waals surface area (Å²) in [6.45, 7) is 4.47. The van der Waals surface area contributed by atoms with Gasteiger partial charge in [0, 0.05) is 24.2 Å². The summed E-state index contributed by atoms with van der Waals surface area (Å²) in [4.78, 5) is 15.6. The van der Waals surface area contributed by atoms with Gasteiger partial charge in [0.1, 0.15) is 17.5 Å². The van der Waals surface area contributed by atoms with Crippen LogP contribution in [0.4, 0.5) is 5.82 Å². The molecule has 0 saturated carbocycles. The van der Waals surface area contributed by atoms with E-state index in [1.807, 2.05) is 19.9 Å². The lowest BCUT2D eigenvalue weighted by atomic mass is 10.4. The topological polar surface area (TPSA) is 66.5 Å². The lowest BCUT2D eigenvalue weighted by molar-refractivity contribution is 0.956.